The summed E-state index contributed by atoms with van der Waals surface area (Å²) in [6.45, 7) is 6.64. The van der Waals surface area contributed by atoms with Gasteiger partial charge >= 0.3 is 0 Å². The third kappa shape index (κ3) is 5.05. The molecule has 3 aromatic rings. The number of amides is 1. The van der Waals surface area contributed by atoms with E-state index in [4.69, 9.17) is 4.74 Å². The molecule has 138 valence electrons. The van der Waals surface area contributed by atoms with Crippen LogP contribution in [0.25, 0.3) is 17.3 Å². The van der Waals surface area contributed by atoms with Crippen molar-refractivity contribution < 1.29 is 9.53 Å². The Morgan fingerprint density at radius 1 is 1.11 bits per heavy atom. The summed E-state index contributed by atoms with van der Waals surface area (Å²) in [6, 6.07) is 15.8. The Balaban J connectivity index is 1.68. The van der Waals surface area contributed by atoms with Gasteiger partial charge in [-0.3, -0.25) is 10.1 Å². The first-order valence-electron chi connectivity index (χ1n) is 8.81. The first kappa shape index (κ1) is 18.9. The molecule has 0 saturated carbocycles. The molecule has 27 heavy (non-hydrogen) atoms. The highest BCUT2D eigenvalue weighted by molar-refractivity contribution is 7.16. The summed E-state index contributed by atoms with van der Waals surface area (Å²) in [5.41, 5.74) is 4.06. The van der Waals surface area contributed by atoms with Crippen molar-refractivity contribution >= 4 is 28.5 Å². The molecule has 0 unspecified atom stereocenters. The summed E-state index contributed by atoms with van der Waals surface area (Å²) in [7, 11) is 0. The van der Waals surface area contributed by atoms with Crippen LogP contribution in [0, 0.1) is 13.8 Å². The first-order chi connectivity index (χ1) is 13.0. The number of carbonyl (C=O) groups excluding carboxylic acids is 1. The van der Waals surface area contributed by atoms with Crippen LogP contribution in [0.1, 0.15) is 22.9 Å². The van der Waals surface area contributed by atoms with Gasteiger partial charge < -0.3 is 4.74 Å². The van der Waals surface area contributed by atoms with Crippen molar-refractivity contribution in [2.45, 2.75) is 20.8 Å². The van der Waals surface area contributed by atoms with Gasteiger partial charge in [-0.15, -0.1) is 11.3 Å². The number of hydrogen-bond acceptors (Lipinski definition) is 4. The Morgan fingerprint density at radius 2 is 1.81 bits per heavy atom. The molecule has 3 rings (SSSR count). The van der Waals surface area contributed by atoms with Gasteiger partial charge in [-0.05, 0) is 56.7 Å². The maximum atomic E-state index is 12.2. The lowest BCUT2D eigenvalue weighted by atomic mass is 10.1. The van der Waals surface area contributed by atoms with Crippen molar-refractivity contribution in [3.05, 3.63) is 70.6 Å². The quantitative estimate of drug-likeness (QED) is 0.578. The molecule has 1 N–H and O–H groups in total. The topological polar surface area (TPSA) is 51.2 Å². The van der Waals surface area contributed by atoms with E-state index in [1.807, 2.05) is 69.3 Å². The average molecular weight is 378 g/mol. The number of rotatable bonds is 6. The maximum absolute atomic E-state index is 12.2. The minimum absolute atomic E-state index is 0.192. The van der Waals surface area contributed by atoms with E-state index >= 15 is 0 Å². The first-order valence-corrected chi connectivity index (χ1v) is 9.63. The van der Waals surface area contributed by atoms with Crippen LogP contribution in [0.2, 0.25) is 0 Å². The number of aromatic nitrogens is 1. The molecule has 0 radical (unpaired) electrons. The second kappa shape index (κ2) is 8.64. The number of hydrogen-bond donors (Lipinski definition) is 1. The molecule has 4 nitrogen and oxygen atoms in total. The highest BCUT2D eigenvalue weighted by Crippen LogP contribution is 2.31. The van der Waals surface area contributed by atoms with Gasteiger partial charge in [-0.2, -0.15) is 0 Å². The van der Waals surface area contributed by atoms with E-state index in [-0.39, 0.29) is 5.91 Å². The summed E-state index contributed by atoms with van der Waals surface area (Å²) < 4.78 is 5.47. The lowest BCUT2D eigenvalue weighted by Crippen LogP contribution is -2.07. The Morgan fingerprint density at radius 3 is 2.48 bits per heavy atom. The number of benzene rings is 2. The number of aryl methyl sites for hydroxylation is 2. The van der Waals surface area contributed by atoms with Gasteiger partial charge in [-0.25, -0.2) is 4.98 Å². The van der Waals surface area contributed by atoms with Crippen LogP contribution >= 0.6 is 11.3 Å². The van der Waals surface area contributed by atoms with Crippen molar-refractivity contribution in [1.29, 1.82) is 0 Å². The van der Waals surface area contributed by atoms with E-state index in [9.17, 15) is 4.79 Å². The number of nitrogens with zero attached hydrogens (tertiary/aromatic N) is 1. The largest absolute Gasteiger partial charge is 0.494 e. The van der Waals surface area contributed by atoms with Gasteiger partial charge in [0.1, 0.15) is 5.75 Å². The van der Waals surface area contributed by atoms with E-state index in [2.05, 4.69) is 10.3 Å². The van der Waals surface area contributed by atoms with Gasteiger partial charge in [0.15, 0.2) is 5.13 Å². The molecule has 1 heterocycles. The molecule has 5 heteroatoms. The zero-order valence-corrected chi connectivity index (χ0v) is 16.5. The minimum Gasteiger partial charge on any atom is -0.494 e. The fraction of sp³-hybridized carbons (Fsp3) is 0.182. The average Bonchev–Trinajstić information content (AvgIpc) is 3.02. The van der Waals surface area contributed by atoms with Crippen LogP contribution < -0.4 is 10.1 Å². The van der Waals surface area contributed by atoms with Crippen LogP contribution in [-0.2, 0) is 4.79 Å². The molecule has 1 amide bonds. The van der Waals surface area contributed by atoms with E-state index in [1.54, 1.807) is 6.08 Å². The Labute approximate surface area is 163 Å². The van der Waals surface area contributed by atoms with Crippen molar-refractivity contribution in [2.75, 3.05) is 11.9 Å². The maximum Gasteiger partial charge on any atom is 0.250 e. The number of carbonyl (C=O) groups is 1. The number of anilines is 1. The highest BCUT2D eigenvalue weighted by atomic mass is 32.1. The molecule has 0 spiro atoms. The van der Waals surface area contributed by atoms with Gasteiger partial charge in [0, 0.05) is 16.5 Å². The fourth-order valence-corrected chi connectivity index (χ4v) is 3.43. The standard InChI is InChI=1S/C22H22N2O2S/c1-4-26-19-12-10-18(11-13-19)21-16(3)27-22(24-21)23-20(25)14-9-17-7-5-15(2)6-8-17/h5-14H,4H2,1-3H3,(H,23,24,25)/b14-9+. The van der Waals surface area contributed by atoms with E-state index in [1.165, 1.54) is 23.0 Å². The molecule has 0 aliphatic carbocycles. The number of thiazole rings is 1. The molecular formula is C22H22N2O2S. The Hall–Kier alpha value is -2.92. The molecule has 0 aliphatic heterocycles. The van der Waals surface area contributed by atoms with Crippen LogP contribution in [0.3, 0.4) is 0 Å². The molecule has 0 aliphatic rings. The van der Waals surface area contributed by atoms with Crippen molar-refractivity contribution in [1.82, 2.24) is 4.98 Å². The predicted octanol–water partition coefficient (Wildman–Crippen LogP) is 5.48. The monoisotopic (exact) mass is 378 g/mol. The normalized spacial score (nSPS) is 10.9. The number of ether oxygens (including phenoxy) is 1. The van der Waals surface area contributed by atoms with E-state index in [0.29, 0.717) is 11.7 Å². The van der Waals surface area contributed by atoms with E-state index in [0.717, 1.165) is 27.4 Å². The van der Waals surface area contributed by atoms with Crippen molar-refractivity contribution in [2.24, 2.45) is 0 Å². The lowest BCUT2D eigenvalue weighted by Gasteiger charge is -2.04. The van der Waals surface area contributed by atoms with Crippen LogP contribution in [-0.4, -0.2) is 17.5 Å². The van der Waals surface area contributed by atoms with E-state index < -0.39 is 0 Å². The number of nitrogens with one attached hydrogen (secondary N) is 1. The molecule has 2 aromatic carbocycles. The van der Waals surface area contributed by atoms with Crippen molar-refractivity contribution in [3.8, 4) is 17.0 Å². The zero-order chi connectivity index (χ0) is 19.2. The van der Waals surface area contributed by atoms with Crippen LogP contribution in [0.4, 0.5) is 5.13 Å². The summed E-state index contributed by atoms with van der Waals surface area (Å²) in [5, 5.41) is 3.44. The minimum atomic E-state index is -0.192. The summed E-state index contributed by atoms with van der Waals surface area (Å²) in [4.78, 5) is 17.8. The third-order valence-electron chi connectivity index (χ3n) is 3.97. The Kier molecular flexibility index (Phi) is 6.04. The lowest BCUT2D eigenvalue weighted by molar-refractivity contribution is -0.111. The highest BCUT2D eigenvalue weighted by Gasteiger charge is 2.11. The van der Waals surface area contributed by atoms with Gasteiger partial charge in [0.2, 0.25) is 5.91 Å². The third-order valence-corrected chi connectivity index (χ3v) is 4.86. The smallest absolute Gasteiger partial charge is 0.250 e. The zero-order valence-electron chi connectivity index (χ0n) is 15.7. The van der Waals surface area contributed by atoms with Crippen LogP contribution in [0.5, 0.6) is 5.75 Å². The second-order valence-electron chi connectivity index (χ2n) is 6.11. The summed E-state index contributed by atoms with van der Waals surface area (Å²) in [5.74, 6) is 0.645. The molecule has 0 bridgehead atoms. The SMILES string of the molecule is CCOc1ccc(-c2nc(NC(=O)/C=C/c3ccc(C)cc3)sc2C)cc1. The predicted molar refractivity (Wildman–Crippen MR) is 112 cm³/mol. The molecule has 1 aromatic heterocycles. The fourth-order valence-electron chi connectivity index (χ4n) is 2.59. The molecule has 0 fully saturated rings. The molecule has 0 saturated heterocycles. The summed E-state index contributed by atoms with van der Waals surface area (Å²) >= 11 is 1.47. The van der Waals surface area contributed by atoms with Gasteiger partial charge in [0.25, 0.3) is 0 Å². The van der Waals surface area contributed by atoms with Gasteiger partial charge in [-0.1, -0.05) is 29.8 Å². The van der Waals surface area contributed by atoms with Crippen LogP contribution in [0.15, 0.2) is 54.6 Å². The van der Waals surface area contributed by atoms with Crippen molar-refractivity contribution in [3.63, 3.8) is 0 Å². The second-order valence-corrected chi connectivity index (χ2v) is 7.32. The summed E-state index contributed by atoms with van der Waals surface area (Å²) in [6.07, 6.45) is 3.32. The molecule has 0 atom stereocenters. The van der Waals surface area contributed by atoms with Gasteiger partial charge in [0.05, 0.1) is 12.3 Å². The Bertz CT molecular complexity index is 941. The molecular weight excluding hydrogens is 356 g/mol.